The molecule has 5 rings (SSSR count). The Morgan fingerprint density at radius 3 is 2.65 bits per heavy atom. The largest absolute Gasteiger partial charge is 0.416 e. The number of nitrogens with one attached hydrogen (secondary N) is 1. The molecule has 0 bridgehead atoms. The van der Waals surface area contributed by atoms with Crippen molar-refractivity contribution >= 4 is 33.3 Å². The molecular formula is C21H11F3N4O2S. The summed E-state index contributed by atoms with van der Waals surface area (Å²) in [6.07, 6.45) is -3.31. The van der Waals surface area contributed by atoms with Crippen LogP contribution < -0.4 is 11.2 Å². The predicted octanol–water partition coefficient (Wildman–Crippen LogP) is 4.37. The zero-order chi connectivity index (χ0) is 21.8. The van der Waals surface area contributed by atoms with E-state index in [1.807, 2.05) is 16.8 Å². The Morgan fingerprint density at radius 1 is 1.06 bits per heavy atom. The Hall–Kier alpha value is -3.79. The Morgan fingerprint density at radius 2 is 1.90 bits per heavy atom. The van der Waals surface area contributed by atoms with E-state index >= 15 is 0 Å². The Bertz CT molecular complexity index is 1570. The van der Waals surface area contributed by atoms with E-state index < -0.39 is 23.0 Å². The van der Waals surface area contributed by atoms with E-state index in [0.717, 1.165) is 22.3 Å². The van der Waals surface area contributed by atoms with Crippen LogP contribution >= 0.6 is 11.3 Å². The van der Waals surface area contributed by atoms with Crippen molar-refractivity contribution in [2.45, 2.75) is 6.18 Å². The summed E-state index contributed by atoms with van der Waals surface area (Å²) in [5.74, 6) is 0. The van der Waals surface area contributed by atoms with Crippen LogP contribution in [-0.2, 0) is 6.18 Å². The molecule has 4 aromatic heterocycles. The first-order valence-corrected chi connectivity index (χ1v) is 9.92. The third-order valence-corrected chi connectivity index (χ3v) is 5.51. The summed E-state index contributed by atoms with van der Waals surface area (Å²) in [6.45, 7) is 0. The van der Waals surface area contributed by atoms with Gasteiger partial charge in [-0.15, -0.1) is 0 Å². The van der Waals surface area contributed by atoms with Gasteiger partial charge in [0.05, 0.1) is 33.4 Å². The number of thiophene rings is 1. The van der Waals surface area contributed by atoms with Gasteiger partial charge in [0, 0.05) is 17.1 Å². The van der Waals surface area contributed by atoms with Crippen LogP contribution in [0.15, 0.2) is 69.0 Å². The second kappa shape index (κ2) is 6.88. The average molecular weight is 440 g/mol. The highest BCUT2D eigenvalue weighted by atomic mass is 32.1. The summed E-state index contributed by atoms with van der Waals surface area (Å²) in [6, 6.07) is 9.64. The van der Waals surface area contributed by atoms with Crippen molar-refractivity contribution in [3.8, 4) is 16.9 Å². The molecule has 5 aromatic rings. The average Bonchev–Trinajstić information content (AvgIpc) is 3.28. The molecule has 4 heterocycles. The lowest BCUT2D eigenvalue weighted by Gasteiger charge is -2.14. The molecule has 0 aliphatic heterocycles. The van der Waals surface area contributed by atoms with E-state index in [1.165, 1.54) is 29.7 Å². The number of rotatable bonds is 2. The summed E-state index contributed by atoms with van der Waals surface area (Å²) < 4.78 is 40.8. The molecule has 0 amide bonds. The van der Waals surface area contributed by atoms with Gasteiger partial charge in [0.25, 0.3) is 5.56 Å². The predicted molar refractivity (Wildman–Crippen MR) is 112 cm³/mol. The lowest BCUT2D eigenvalue weighted by molar-refractivity contribution is -0.137. The number of fused-ring (bicyclic) bond motifs is 3. The van der Waals surface area contributed by atoms with E-state index in [2.05, 4.69) is 15.0 Å². The molecule has 0 atom stereocenters. The van der Waals surface area contributed by atoms with Crippen molar-refractivity contribution in [1.29, 1.82) is 0 Å². The molecule has 0 fully saturated rings. The Balaban J connectivity index is 1.92. The van der Waals surface area contributed by atoms with Gasteiger partial charge in [0.15, 0.2) is 0 Å². The van der Waals surface area contributed by atoms with Gasteiger partial charge in [-0.1, -0.05) is 6.07 Å². The van der Waals surface area contributed by atoms with E-state index in [-0.39, 0.29) is 22.1 Å². The van der Waals surface area contributed by atoms with Crippen molar-refractivity contribution in [3.63, 3.8) is 0 Å². The monoisotopic (exact) mass is 440 g/mol. The summed E-state index contributed by atoms with van der Waals surface area (Å²) in [5, 5.41) is 3.81. The SMILES string of the molecule is O=c1[nH]c(=O)n(-c2cccc(C(F)(F)F)c2)c2c1cnc1ccc(-c3ccsc3)nc12. The van der Waals surface area contributed by atoms with Crippen molar-refractivity contribution in [2.24, 2.45) is 0 Å². The van der Waals surface area contributed by atoms with Crippen LogP contribution in [-0.4, -0.2) is 19.5 Å². The number of halogens is 3. The topological polar surface area (TPSA) is 80.6 Å². The number of pyridine rings is 2. The van der Waals surface area contributed by atoms with E-state index in [0.29, 0.717) is 11.2 Å². The van der Waals surface area contributed by atoms with Gasteiger partial charge in [0.2, 0.25) is 0 Å². The molecule has 6 nitrogen and oxygen atoms in total. The molecule has 1 N–H and O–H groups in total. The fourth-order valence-corrected chi connectivity index (χ4v) is 4.06. The van der Waals surface area contributed by atoms with Gasteiger partial charge >= 0.3 is 11.9 Å². The smallest absolute Gasteiger partial charge is 0.273 e. The van der Waals surface area contributed by atoms with Crippen LogP contribution in [0.2, 0.25) is 0 Å². The molecule has 0 radical (unpaired) electrons. The molecule has 154 valence electrons. The van der Waals surface area contributed by atoms with Gasteiger partial charge in [-0.2, -0.15) is 24.5 Å². The molecule has 0 saturated heterocycles. The number of aromatic amines is 1. The summed E-state index contributed by atoms with van der Waals surface area (Å²) in [7, 11) is 0. The highest BCUT2D eigenvalue weighted by Crippen LogP contribution is 2.31. The van der Waals surface area contributed by atoms with Gasteiger partial charge < -0.3 is 0 Å². The molecule has 31 heavy (non-hydrogen) atoms. The molecule has 0 aliphatic rings. The van der Waals surface area contributed by atoms with Crippen LogP contribution in [0.3, 0.4) is 0 Å². The zero-order valence-corrected chi connectivity index (χ0v) is 16.3. The van der Waals surface area contributed by atoms with Gasteiger partial charge in [-0.25, -0.2) is 9.78 Å². The number of hydrogen-bond donors (Lipinski definition) is 1. The summed E-state index contributed by atoms with van der Waals surface area (Å²) in [4.78, 5) is 36.2. The van der Waals surface area contributed by atoms with Crippen molar-refractivity contribution < 1.29 is 13.2 Å². The number of benzene rings is 1. The first kappa shape index (κ1) is 19.2. The van der Waals surface area contributed by atoms with Gasteiger partial charge in [0.1, 0.15) is 5.52 Å². The maximum Gasteiger partial charge on any atom is 0.416 e. The molecule has 0 spiro atoms. The summed E-state index contributed by atoms with van der Waals surface area (Å²) in [5.41, 5.74) is -0.368. The maximum atomic E-state index is 13.3. The van der Waals surface area contributed by atoms with Crippen LogP contribution in [0.5, 0.6) is 0 Å². The minimum Gasteiger partial charge on any atom is -0.273 e. The number of alkyl halides is 3. The van der Waals surface area contributed by atoms with Crippen LogP contribution in [0, 0.1) is 0 Å². The standard InChI is InChI=1S/C21H11F3N4O2S/c22-21(23,24)12-2-1-3-13(8-12)28-18-14(19(29)27-20(28)30)9-25-16-5-4-15(26-17(16)18)11-6-7-31-10-11/h1-10H,(H,27,29,30). The minimum atomic E-state index is -4.59. The molecule has 10 heteroatoms. The zero-order valence-electron chi connectivity index (χ0n) is 15.5. The lowest BCUT2D eigenvalue weighted by atomic mass is 10.1. The van der Waals surface area contributed by atoms with Crippen molar-refractivity contribution in [1.82, 2.24) is 19.5 Å². The number of nitrogens with zero attached hydrogens (tertiary/aromatic N) is 3. The second-order valence-corrected chi connectivity index (χ2v) is 7.52. The van der Waals surface area contributed by atoms with Gasteiger partial charge in [-0.3, -0.25) is 19.3 Å². The molecule has 0 saturated carbocycles. The van der Waals surface area contributed by atoms with Crippen LogP contribution in [0.1, 0.15) is 5.56 Å². The minimum absolute atomic E-state index is 0.0412. The third-order valence-electron chi connectivity index (χ3n) is 4.83. The van der Waals surface area contributed by atoms with Crippen LogP contribution in [0.4, 0.5) is 13.2 Å². The fraction of sp³-hybridized carbons (Fsp3) is 0.0476. The molecular weight excluding hydrogens is 429 g/mol. The maximum absolute atomic E-state index is 13.3. The highest BCUT2D eigenvalue weighted by Gasteiger charge is 2.31. The molecule has 0 unspecified atom stereocenters. The Labute approximate surface area is 175 Å². The Kier molecular flexibility index (Phi) is 4.26. The number of hydrogen-bond acceptors (Lipinski definition) is 5. The first-order chi connectivity index (χ1) is 14.8. The van der Waals surface area contributed by atoms with Crippen molar-refractivity contribution in [2.75, 3.05) is 0 Å². The third kappa shape index (κ3) is 3.21. The lowest BCUT2D eigenvalue weighted by Crippen LogP contribution is -2.29. The quantitative estimate of drug-likeness (QED) is 0.414. The van der Waals surface area contributed by atoms with Crippen LogP contribution in [0.25, 0.3) is 38.9 Å². The number of H-pyrrole nitrogens is 1. The summed E-state index contributed by atoms with van der Waals surface area (Å²) >= 11 is 1.48. The molecule has 1 aromatic carbocycles. The van der Waals surface area contributed by atoms with E-state index in [1.54, 1.807) is 12.1 Å². The second-order valence-electron chi connectivity index (χ2n) is 6.74. The van der Waals surface area contributed by atoms with Gasteiger partial charge in [-0.05, 0) is 41.8 Å². The number of aromatic nitrogens is 4. The fourth-order valence-electron chi connectivity index (χ4n) is 3.41. The van der Waals surface area contributed by atoms with E-state index in [9.17, 15) is 22.8 Å². The van der Waals surface area contributed by atoms with Crippen molar-refractivity contribution in [3.05, 3.63) is 85.8 Å². The highest BCUT2D eigenvalue weighted by molar-refractivity contribution is 7.08. The molecule has 0 aliphatic carbocycles. The normalized spacial score (nSPS) is 12.0. The first-order valence-electron chi connectivity index (χ1n) is 8.98. The van der Waals surface area contributed by atoms with E-state index in [4.69, 9.17) is 0 Å².